The first-order chi connectivity index (χ1) is 9.93. The van der Waals surface area contributed by atoms with E-state index in [1.807, 2.05) is 13.8 Å². The Kier molecular flexibility index (Phi) is 6.46. The van der Waals surface area contributed by atoms with Gasteiger partial charge < -0.3 is 14.7 Å². The van der Waals surface area contributed by atoms with Crippen LogP contribution in [0.15, 0.2) is 30.3 Å². The van der Waals surface area contributed by atoms with Gasteiger partial charge in [-0.25, -0.2) is 0 Å². The van der Waals surface area contributed by atoms with E-state index in [2.05, 4.69) is 0 Å². The Labute approximate surface area is 124 Å². The molecule has 0 atom stereocenters. The van der Waals surface area contributed by atoms with Gasteiger partial charge in [-0.15, -0.1) is 0 Å². The molecule has 0 aliphatic carbocycles. The summed E-state index contributed by atoms with van der Waals surface area (Å²) in [4.78, 5) is 25.1. The van der Waals surface area contributed by atoms with Crippen molar-refractivity contribution in [3.63, 3.8) is 0 Å². The zero-order chi connectivity index (χ0) is 15.8. The van der Waals surface area contributed by atoms with Crippen molar-refractivity contribution in [2.75, 3.05) is 13.2 Å². The van der Waals surface area contributed by atoms with Crippen molar-refractivity contribution in [3.8, 4) is 5.75 Å². The lowest BCUT2D eigenvalue weighted by molar-refractivity contribution is -0.148. The lowest BCUT2D eigenvalue weighted by Gasteiger charge is -2.24. The standard InChI is InChI=1S/C16H21NO4/c1-4-21-16(20)11-17(12(2)3)15(19)10-7-13-5-8-14(18)9-6-13/h5-10,12,18H,4,11H2,1-3H3/b10-7+. The van der Waals surface area contributed by atoms with Gasteiger partial charge in [-0.05, 0) is 44.5 Å². The highest BCUT2D eigenvalue weighted by Crippen LogP contribution is 2.11. The molecule has 0 bridgehead atoms. The van der Waals surface area contributed by atoms with Crippen molar-refractivity contribution in [3.05, 3.63) is 35.9 Å². The molecule has 1 aromatic rings. The molecule has 0 saturated carbocycles. The fraction of sp³-hybridized carbons (Fsp3) is 0.375. The molecule has 0 aliphatic heterocycles. The Balaban J connectivity index is 2.72. The van der Waals surface area contributed by atoms with Crippen LogP contribution in [0.4, 0.5) is 0 Å². The van der Waals surface area contributed by atoms with Gasteiger partial charge in [-0.2, -0.15) is 0 Å². The molecule has 0 radical (unpaired) electrons. The van der Waals surface area contributed by atoms with Crippen LogP contribution in [0.25, 0.3) is 6.08 Å². The van der Waals surface area contributed by atoms with E-state index >= 15 is 0 Å². The van der Waals surface area contributed by atoms with Crippen LogP contribution in [0, 0.1) is 0 Å². The van der Waals surface area contributed by atoms with E-state index in [0.29, 0.717) is 6.61 Å². The third-order valence-electron chi connectivity index (χ3n) is 2.82. The summed E-state index contributed by atoms with van der Waals surface area (Å²) < 4.78 is 4.86. The minimum absolute atomic E-state index is 0.0652. The van der Waals surface area contributed by atoms with Crippen molar-refractivity contribution in [2.24, 2.45) is 0 Å². The number of esters is 1. The second-order valence-electron chi connectivity index (χ2n) is 4.79. The summed E-state index contributed by atoms with van der Waals surface area (Å²) in [7, 11) is 0. The van der Waals surface area contributed by atoms with Gasteiger partial charge in [0, 0.05) is 12.1 Å². The molecular weight excluding hydrogens is 270 g/mol. The van der Waals surface area contributed by atoms with E-state index in [1.54, 1.807) is 37.3 Å². The monoisotopic (exact) mass is 291 g/mol. The second kappa shape index (κ2) is 8.09. The number of phenolic OH excluding ortho intramolecular Hbond substituents is 1. The van der Waals surface area contributed by atoms with Crippen LogP contribution in [-0.2, 0) is 14.3 Å². The largest absolute Gasteiger partial charge is 0.508 e. The van der Waals surface area contributed by atoms with Crippen molar-refractivity contribution in [1.29, 1.82) is 0 Å². The topological polar surface area (TPSA) is 66.8 Å². The first-order valence-electron chi connectivity index (χ1n) is 6.87. The van der Waals surface area contributed by atoms with Gasteiger partial charge in [0.2, 0.25) is 5.91 Å². The second-order valence-corrected chi connectivity index (χ2v) is 4.79. The molecule has 21 heavy (non-hydrogen) atoms. The summed E-state index contributed by atoms with van der Waals surface area (Å²) >= 11 is 0. The summed E-state index contributed by atoms with van der Waals surface area (Å²) in [5.74, 6) is -0.506. The minimum atomic E-state index is -0.419. The summed E-state index contributed by atoms with van der Waals surface area (Å²) in [6, 6.07) is 6.38. The first-order valence-corrected chi connectivity index (χ1v) is 6.87. The quantitative estimate of drug-likeness (QED) is 0.644. The Hall–Kier alpha value is -2.30. The molecule has 5 heteroatoms. The highest BCUT2D eigenvalue weighted by molar-refractivity contribution is 5.93. The zero-order valence-corrected chi connectivity index (χ0v) is 12.6. The van der Waals surface area contributed by atoms with E-state index in [1.165, 1.54) is 11.0 Å². The van der Waals surface area contributed by atoms with E-state index in [0.717, 1.165) is 5.56 Å². The van der Waals surface area contributed by atoms with Crippen LogP contribution >= 0.6 is 0 Å². The fourth-order valence-electron chi connectivity index (χ4n) is 1.71. The Bertz CT molecular complexity index is 506. The van der Waals surface area contributed by atoms with Gasteiger partial charge >= 0.3 is 5.97 Å². The van der Waals surface area contributed by atoms with Gasteiger partial charge in [-0.3, -0.25) is 9.59 Å². The summed E-state index contributed by atoms with van der Waals surface area (Å²) in [6.07, 6.45) is 3.05. The van der Waals surface area contributed by atoms with Crippen molar-refractivity contribution >= 4 is 18.0 Å². The number of carbonyl (C=O) groups excluding carboxylic acids is 2. The molecule has 0 heterocycles. The molecule has 1 rings (SSSR count). The Morgan fingerprint density at radius 2 is 1.90 bits per heavy atom. The third kappa shape index (κ3) is 5.69. The third-order valence-corrected chi connectivity index (χ3v) is 2.82. The van der Waals surface area contributed by atoms with E-state index < -0.39 is 5.97 Å². The number of ether oxygens (including phenoxy) is 1. The minimum Gasteiger partial charge on any atom is -0.508 e. The number of carbonyl (C=O) groups is 2. The predicted molar refractivity (Wildman–Crippen MR) is 80.6 cm³/mol. The predicted octanol–water partition coefficient (Wildman–Crippen LogP) is 2.21. The van der Waals surface area contributed by atoms with Crippen LogP contribution < -0.4 is 0 Å². The van der Waals surface area contributed by atoms with E-state index in [9.17, 15) is 14.7 Å². The van der Waals surface area contributed by atoms with Crippen molar-refractivity contribution < 1.29 is 19.4 Å². The first kappa shape index (κ1) is 16.8. The maximum atomic E-state index is 12.1. The van der Waals surface area contributed by atoms with Crippen LogP contribution in [0.1, 0.15) is 26.3 Å². The Morgan fingerprint density at radius 3 is 2.43 bits per heavy atom. The number of nitrogens with zero attached hydrogens (tertiary/aromatic N) is 1. The molecule has 0 fully saturated rings. The zero-order valence-electron chi connectivity index (χ0n) is 12.6. The number of rotatable bonds is 6. The number of aromatic hydroxyl groups is 1. The summed E-state index contributed by atoms with van der Waals surface area (Å²) in [5, 5.41) is 9.19. The number of amides is 1. The molecule has 5 nitrogen and oxygen atoms in total. The molecule has 0 unspecified atom stereocenters. The highest BCUT2D eigenvalue weighted by atomic mass is 16.5. The molecule has 1 amide bonds. The van der Waals surface area contributed by atoms with Gasteiger partial charge in [0.25, 0.3) is 0 Å². The lowest BCUT2D eigenvalue weighted by atomic mass is 10.2. The lowest BCUT2D eigenvalue weighted by Crippen LogP contribution is -2.40. The fourth-order valence-corrected chi connectivity index (χ4v) is 1.71. The normalized spacial score (nSPS) is 10.9. The number of hydrogen-bond donors (Lipinski definition) is 1. The number of phenols is 1. The molecular formula is C16H21NO4. The average Bonchev–Trinajstić information content (AvgIpc) is 2.44. The maximum absolute atomic E-state index is 12.1. The number of benzene rings is 1. The molecule has 0 aromatic heterocycles. The van der Waals surface area contributed by atoms with Crippen LogP contribution in [0.5, 0.6) is 5.75 Å². The number of hydrogen-bond acceptors (Lipinski definition) is 4. The molecule has 0 spiro atoms. The van der Waals surface area contributed by atoms with Crippen molar-refractivity contribution in [1.82, 2.24) is 4.90 Å². The molecule has 1 N–H and O–H groups in total. The SMILES string of the molecule is CCOC(=O)CN(C(=O)/C=C/c1ccc(O)cc1)C(C)C. The van der Waals surface area contributed by atoms with E-state index in [-0.39, 0.29) is 24.2 Å². The molecule has 0 saturated heterocycles. The molecule has 0 aliphatic rings. The summed E-state index contributed by atoms with van der Waals surface area (Å²) in [5.41, 5.74) is 0.793. The highest BCUT2D eigenvalue weighted by Gasteiger charge is 2.18. The van der Waals surface area contributed by atoms with E-state index in [4.69, 9.17) is 4.74 Å². The average molecular weight is 291 g/mol. The van der Waals surface area contributed by atoms with Crippen LogP contribution in [-0.4, -0.2) is 41.1 Å². The maximum Gasteiger partial charge on any atom is 0.325 e. The molecule has 1 aromatic carbocycles. The summed E-state index contributed by atoms with van der Waals surface area (Å²) in [6.45, 7) is 5.63. The van der Waals surface area contributed by atoms with Gasteiger partial charge in [0.15, 0.2) is 0 Å². The van der Waals surface area contributed by atoms with Gasteiger partial charge in [0.05, 0.1) is 6.61 Å². The van der Waals surface area contributed by atoms with Crippen LogP contribution in [0.2, 0.25) is 0 Å². The van der Waals surface area contributed by atoms with Gasteiger partial charge in [-0.1, -0.05) is 12.1 Å². The molecule has 114 valence electrons. The van der Waals surface area contributed by atoms with Crippen molar-refractivity contribution in [2.45, 2.75) is 26.8 Å². The van der Waals surface area contributed by atoms with Gasteiger partial charge in [0.1, 0.15) is 12.3 Å². The Morgan fingerprint density at radius 1 is 1.29 bits per heavy atom. The smallest absolute Gasteiger partial charge is 0.325 e. The van der Waals surface area contributed by atoms with Crippen LogP contribution in [0.3, 0.4) is 0 Å².